The summed E-state index contributed by atoms with van der Waals surface area (Å²) in [7, 11) is 1.47. The summed E-state index contributed by atoms with van der Waals surface area (Å²) in [6.07, 6.45) is 1.30. The van der Waals surface area contributed by atoms with Gasteiger partial charge in [0.1, 0.15) is 12.4 Å². The molecule has 21 heavy (non-hydrogen) atoms. The van der Waals surface area contributed by atoms with Gasteiger partial charge in [-0.25, -0.2) is 4.99 Å². The summed E-state index contributed by atoms with van der Waals surface area (Å²) >= 11 is 0. The third-order valence-electron chi connectivity index (χ3n) is 3.46. The van der Waals surface area contributed by atoms with Crippen LogP contribution in [0, 0.1) is 0 Å². The van der Waals surface area contributed by atoms with E-state index in [2.05, 4.69) is 4.99 Å². The number of ketones is 2. The van der Waals surface area contributed by atoms with Gasteiger partial charge in [0.05, 0.1) is 18.2 Å². The Morgan fingerprint density at radius 2 is 2.05 bits per heavy atom. The molecule has 0 N–H and O–H groups in total. The SMILES string of the molecule is COc1cccc2c1C(=O)C(=O)C=C2C1=NC(C)(C)CO1. The predicted octanol–water partition coefficient (Wildman–Crippen LogP) is 2.05. The number of rotatable bonds is 2. The fourth-order valence-corrected chi connectivity index (χ4v) is 2.46. The highest BCUT2D eigenvalue weighted by Gasteiger charge is 2.35. The molecule has 0 saturated heterocycles. The van der Waals surface area contributed by atoms with Gasteiger partial charge < -0.3 is 9.47 Å². The van der Waals surface area contributed by atoms with Gasteiger partial charge in [-0.2, -0.15) is 0 Å². The van der Waals surface area contributed by atoms with E-state index in [-0.39, 0.29) is 11.1 Å². The number of hydrogen-bond acceptors (Lipinski definition) is 5. The van der Waals surface area contributed by atoms with Crippen molar-refractivity contribution in [2.45, 2.75) is 19.4 Å². The molecule has 2 aliphatic rings. The first-order valence-corrected chi connectivity index (χ1v) is 6.64. The molecule has 1 aliphatic carbocycles. The van der Waals surface area contributed by atoms with E-state index in [0.29, 0.717) is 29.4 Å². The van der Waals surface area contributed by atoms with Crippen molar-refractivity contribution in [3.63, 3.8) is 0 Å². The van der Waals surface area contributed by atoms with Gasteiger partial charge >= 0.3 is 0 Å². The maximum Gasteiger partial charge on any atom is 0.237 e. The van der Waals surface area contributed by atoms with Crippen LogP contribution < -0.4 is 4.74 Å². The Hall–Kier alpha value is -2.43. The second-order valence-corrected chi connectivity index (χ2v) is 5.65. The van der Waals surface area contributed by atoms with Crippen molar-refractivity contribution in [1.29, 1.82) is 0 Å². The molecule has 5 heteroatoms. The molecular formula is C16H15NO4. The van der Waals surface area contributed by atoms with Gasteiger partial charge in [-0.3, -0.25) is 9.59 Å². The molecule has 0 fully saturated rings. The lowest BCUT2D eigenvalue weighted by Gasteiger charge is -2.18. The summed E-state index contributed by atoms with van der Waals surface area (Å²) in [4.78, 5) is 28.6. The molecule has 1 aromatic rings. The van der Waals surface area contributed by atoms with Crippen LogP contribution in [0.4, 0.5) is 0 Å². The van der Waals surface area contributed by atoms with E-state index in [0.717, 1.165) is 0 Å². The number of Topliss-reactive ketones (excluding diaryl/α,β-unsaturated/α-hetero) is 1. The van der Waals surface area contributed by atoms with E-state index >= 15 is 0 Å². The number of hydrogen-bond donors (Lipinski definition) is 0. The number of allylic oxidation sites excluding steroid dienone is 1. The number of fused-ring (bicyclic) bond motifs is 1. The Labute approximate surface area is 122 Å². The predicted molar refractivity (Wildman–Crippen MR) is 77.8 cm³/mol. The highest BCUT2D eigenvalue weighted by Crippen LogP contribution is 2.35. The van der Waals surface area contributed by atoms with Gasteiger partial charge in [-0.1, -0.05) is 12.1 Å². The maximum atomic E-state index is 12.1. The van der Waals surface area contributed by atoms with Gasteiger partial charge in [0.2, 0.25) is 17.5 Å². The molecule has 3 rings (SSSR count). The van der Waals surface area contributed by atoms with Crippen LogP contribution in [0.3, 0.4) is 0 Å². The molecule has 0 saturated carbocycles. The normalized spacial score (nSPS) is 19.6. The number of aliphatic imine (C=N–C) groups is 1. The molecule has 0 atom stereocenters. The molecule has 1 heterocycles. The standard InChI is InChI=1S/C16H15NO4/c1-16(2)8-21-15(17-16)10-7-11(18)14(19)13-9(10)5-4-6-12(13)20-3/h4-7H,8H2,1-3H3. The highest BCUT2D eigenvalue weighted by molar-refractivity contribution is 6.53. The minimum Gasteiger partial charge on any atom is -0.496 e. The van der Waals surface area contributed by atoms with Crippen molar-refractivity contribution in [2.75, 3.05) is 13.7 Å². The van der Waals surface area contributed by atoms with Crippen molar-refractivity contribution in [3.05, 3.63) is 35.4 Å². The Kier molecular flexibility index (Phi) is 2.93. The van der Waals surface area contributed by atoms with E-state index in [4.69, 9.17) is 9.47 Å². The van der Waals surface area contributed by atoms with Gasteiger partial charge in [-0.05, 0) is 19.9 Å². The molecule has 0 aromatic heterocycles. The molecule has 1 aliphatic heterocycles. The lowest BCUT2D eigenvalue weighted by molar-refractivity contribution is -0.111. The Balaban J connectivity index is 2.19. The molecule has 0 spiro atoms. The Morgan fingerprint density at radius 1 is 1.29 bits per heavy atom. The fourth-order valence-electron chi connectivity index (χ4n) is 2.46. The van der Waals surface area contributed by atoms with Crippen LogP contribution in [0.25, 0.3) is 5.57 Å². The minimum absolute atomic E-state index is 0.276. The summed E-state index contributed by atoms with van der Waals surface area (Å²) < 4.78 is 10.8. The second kappa shape index (κ2) is 4.55. The van der Waals surface area contributed by atoms with Crippen LogP contribution in [-0.2, 0) is 9.53 Å². The zero-order valence-electron chi connectivity index (χ0n) is 12.1. The summed E-state index contributed by atoms with van der Waals surface area (Å²) in [5, 5.41) is 0. The summed E-state index contributed by atoms with van der Waals surface area (Å²) in [5.41, 5.74) is 1.10. The van der Waals surface area contributed by atoms with Crippen LogP contribution in [0.5, 0.6) is 5.75 Å². The van der Waals surface area contributed by atoms with Crippen molar-refractivity contribution < 1.29 is 19.1 Å². The van der Waals surface area contributed by atoms with Crippen molar-refractivity contribution in [1.82, 2.24) is 0 Å². The third-order valence-corrected chi connectivity index (χ3v) is 3.46. The number of nitrogens with zero attached hydrogens (tertiary/aromatic N) is 1. The number of benzene rings is 1. The molecule has 0 bridgehead atoms. The van der Waals surface area contributed by atoms with E-state index in [9.17, 15) is 9.59 Å². The van der Waals surface area contributed by atoms with Crippen LogP contribution in [0.15, 0.2) is 29.3 Å². The minimum atomic E-state index is -0.585. The zero-order valence-corrected chi connectivity index (χ0v) is 12.1. The van der Waals surface area contributed by atoms with Gasteiger partial charge in [0, 0.05) is 17.2 Å². The van der Waals surface area contributed by atoms with Gasteiger partial charge in [0.25, 0.3) is 0 Å². The van der Waals surface area contributed by atoms with Gasteiger partial charge in [-0.15, -0.1) is 0 Å². The number of methoxy groups -OCH3 is 1. The first-order valence-electron chi connectivity index (χ1n) is 6.64. The average molecular weight is 285 g/mol. The molecule has 5 nitrogen and oxygen atoms in total. The number of ether oxygens (including phenoxy) is 2. The monoisotopic (exact) mass is 285 g/mol. The number of carbonyl (C=O) groups is 2. The van der Waals surface area contributed by atoms with Crippen LogP contribution in [-0.4, -0.2) is 36.7 Å². The highest BCUT2D eigenvalue weighted by atomic mass is 16.5. The lowest BCUT2D eigenvalue weighted by Crippen LogP contribution is -2.22. The molecule has 0 radical (unpaired) electrons. The Bertz CT molecular complexity index is 713. The molecular weight excluding hydrogens is 270 g/mol. The molecule has 108 valence electrons. The quantitative estimate of drug-likeness (QED) is 0.780. The van der Waals surface area contributed by atoms with Crippen LogP contribution in [0.2, 0.25) is 0 Å². The first kappa shape index (κ1) is 13.5. The summed E-state index contributed by atoms with van der Waals surface area (Å²) in [6, 6.07) is 5.20. The lowest BCUT2D eigenvalue weighted by atomic mass is 9.88. The van der Waals surface area contributed by atoms with Crippen LogP contribution >= 0.6 is 0 Å². The van der Waals surface area contributed by atoms with Crippen molar-refractivity contribution in [3.8, 4) is 5.75 Å². The van der Waals surface area contributed by atoms with E-state index in [1.54, 1.807) is 18.2 Å². The van der Waals surface area contributed by atoms with Crippen molar-refractivity contribution in [2.24, 2.45) is 4.99 Å². The first-order chi connectivity index (χ1) is 9.93. The number of carbonyl (C=O) groups excluding carboxylic acids is 2. The zero-order chi connectivity index (χ0) is 15.2. The molecule has 1 aromatic carbocycles. The van der Waals surface area contributed by atoms with Crippen molar-refractivity contribution >= 4 is 23.0 Å². The second-order valence-electron chi connectivity index (χ2n) is 5.65. The maximum absolute atomic E-state index is 12.1. The summed E-state index contributed by atoms with van der Waals surface area (Å²) in [5.74, 6) is -0.369. The van der Waals surface area contributed by atoms with E-state index in [1.807, 2.05) is 13.8 Å². The van der Waals surface area contributed by atoms with E-state index in [1.165, 1.54) is 13.2 Å². The van der Waals surface area contributed by atoms with E-state index < -0.39 is 11.6 Å². The average Bonchev–Trinajstić information content (AvgIpc) is 2.82. The molecule has 0 unspecified atom stereocenters. The fraction of sp³-hybridized carbons (Fsp3) is 0.312. The Morgan fingerprint density at radius 3 is 2.67 bits per heavy atom. The van der Waals surface area contributed by atoms with Crippen LogP contribution in [0.1, 0.15) is 29.8 Å². The smallest absolute Gasteiger partial charge is 0.237 e. The largest absolute Gasteiger partial charge is 0.496 e. The topological polar surface area (TPSA) is 65.0 Å². The summed E-state index contributed by atoms with van der Waals surface area (Å²) in [6.45, 7) is 4.34. The molecule has 0 amide bonds. The van der Waals surface area contributed by atoms with Gasteiger partial charge in [0.15, 0.2) is 0 Å². The third kappa shape index (κ3) is 2.14.